The summed E-state index contributed by atoms with van der Waals surface area (Å²) in [6.45, 7) is 1.39. The summed E-state index contributed by atoms with van der Waals surface area (Å²) in [7, 11) is 0. The number of benzene rings is 1. The van der Waals surface area contributed by atoms with Crippen molar-refractivity contribution in [3.63, 3.8) is 0 Å². The fourth-order valence-electron chi connectivity index (χ4n) is 2.82. The number of amides is 1. The van der Waals surface area contributed by atoms with Crippen molar-refractivity contribution in [2.75, 3.05) is 13.1 Å². The molecule has 0 atom stereocenters. The molecule has 0 bridgehead atoms. The lowest BCUT2D eigenvalue weighted by Crippen LogP contribution is -2.36. The predicted molar refractivity (Wildman–Crippen MR) is 98.2 cm³/mol. The molecule has 0 spiro atoms. The number of carbonyl (C=O) groups excluding carboxylic acids is 1. The average Bonchev–Trinajstić information content (AvgIpc) is 3.10. The fraction of sp³-hybridized carbons (Fsp3) is 0.263. The number of nitriles is 1. The number of rotatable bonds is 3. The minimum absolute atomic E-state index is 0.0694. The van der Waals surface area contributed by atoms with E-state index in [2.05, 4.69) is 0 Å². The highest BCUT2D eigenvalue weighted by Gasteiger charge is 2.20. The van der Waals surface area contributed by atoms with E-state index in [1.54, 1.807) is 35.2 Å². The first-order valence-electron chi connectivity index (χ1n) is 8.05. The van der Waals surface area contributed by atoms with Crippen LogP contribution in [-0.4, -0.2) is 23.9 Å². The third-order valence-electron chi connectivity index (χ3n) is 4.12. The number of piperidine rings is 1. The molecule has 1 aliphatic rings. The highest BCUT2D eigenvalue weighted by atomic mass is 35.5. The van der Waals surface area contributed by atoms with Crippen LogP contribution in [-0.2, 0) is 4.79 Å². The Labute approximate surface area is 156 Å². The highest BCUT2D eigenvalue weighted by molar-refractivity contribution is 6.43. The third kappa shape index (κ3) is 3.89. The van der Waals surface area contributed by atoms with Crippen LogP contribution in [0.4, 0.5) is 0 Å². The van der Waals surface area contributed by atoms with Gasteiger partial charge < -0.3 is 9.32 Å². The maximum Gasteiger partial charge on any atom is 0.264 e. The average molecular weight is 375 g/mol. The van der Waals surface area contributed by atoms with Crippen LogP contribution in [0.2, 0.25) is 10.0 Å². The van der Waals surface area contributed by atoms with Crippen molar-refractivity contribution in [2.45, 2.75) is 19.3 Å². The first kappa shape index (κ1) is 17.6. The maximum atomic E-state index is 12.5. The Morgan fingerprint density at radius 1 is 1.16 bits per heavy atom. The molecule has 0 unspecified atom stereocenters. The summed E-state index contributed by atoms with van der Waals surface area (Å²) in [5, 5.41) is 10.2. The van der Waals surface area contributed by atoms with Crippen LogP contribution in [0.5, 0.6) is 0 Å². The fourth-order valence-corrected chi connectivity index (χ4v) is 3.21. The van der Waals surface area contributed by atoms with Gasteiger partial charge in [0.05, 0.1) is 10.0 Å². The zero-order chi connectivity index (χ0) is 17.8. The molecule has 2 heterocycles. The van der Waals surface area contributed by atoms with Crippen LogP contribution in [0.15, 0.2) is 40.3 Å². The van der Waals surface area contributed by atoms with E-state index in [9.17, 15) is 10.1 Å². The summed E-state index contributed by atoms with van der Waals surface area (Å²) in [5.41, 5.74) is 0.731. The molecule has 1 aliphatic heterocycles. The smallest absolute Gasteiger partial charge is 0.264 e. The Kier molecular flexibility index (Phi) is 5.47. The van der Waals surface area contributed by atoms with E-state index in [1.165, 1.54) is 6.08 Å². The number of nitrogens with zero attached hydrogens (tertiary/aromatic N) is 2. The van der Waals surface area contributed by atoms with Crippen molar-refractivity contribution >= 4 is 35.2 Å². The van der Waals surface area contributed by atoms with E-state index in [4.69, 9.17) is 27.6 Å². The minimum Gasteiger partial charge on any atom is -0.457 e. The van der Waals surface area contributed by atoms with Gasteiger partial charge in [0, 0.05) is 24.7 Å². The van der Waals surface area contributed by atoms with E-state index in [1.807, 2.05) is 6.07 Å². The second-order valence-electron chi connectivity index (χ2n) is 5.83. The molecule has 4 nitrogen and oxygen atoms in total. The molecular weight excluding hydrogens is 359 g/mol. The Morgan fingerprint density at radius 2 is 1.92 bits per heavy atom. The summed E-state index contributed by atoms with van der Waals surface area (Å²) >= 11 is 12.2. The number of halogens is 2. The van der Waals surface area contributed by atoms with E-state index >= 15 is 0 Å². The molecule has 0 radical (unpaired) electrons. The molecule has 1 aromatic heterocycles. The topological polar surface area (TPSA) is 57.2 Å². The van der Waals surface area contributed by atoms with Gasteiger partial charge in [0.25, 0.3) is 5.91 Å². The van der Waals surface area contributed by atoms with Crippen molar-refractivity contribution in [2.24, 2.45) is 0 Å². The van der Waals surface area contributed by atoms with Gasteiger partial charge in [-0.2, -0.15) is 5.26 Å². The Hall–Kier alpha value is -2.22. The number of hydrogen-bond acceptors (Lipinski definition) is 3. The van der Waals surface area contributed by atoms with Crippen LogP contribution in [0.25, 0.3) is 17.4 Å². The van der Waals surface area contributed by atoms with Gasteiger partial charge >= 0.3 is 0 Å². The summed E-state index contributed by atoms with van der Waals surface area (Å²) in [6, 6.07) is 10.7. The molecule has 1 amide bonds. The first-order valence-corrected chi connectivity index (χ1v) is 8.81. The second-order valence-corrected chi connectivity index (χ2v) is 6.61. The lowest BCUT2D eigenvalue weighted by Gasteiger charge is -2.26. The van der Waals surface area contributed by atoms with Crippen molar-refractivity contribution in [1.29, 1.82) is 5.26 Å². The molecule has 3 rings (SSSR count). The minimum atomic E-state index is -0.249. The van der Waals surface area contributed by atoms with Crippen molar-refractivity contribution in [1.82, 2.24) is 4.90 Å². The van der Waals surface area contributed by atoms with Gasteiger partial charge in [-0.25, -0.2) is 0 Å². The van der Waals surface area contributed by atoms with Gasteiger partial charge in [-0.1, -0.05) is 29.3 Å². The molecule has 0 saturated carbocycles. The monoisotopic (exact) mass is 374 g/mol. The van der Waals surface area contributed by atoms with Gasteiger partial charge in [0.15, 0.2) is 0 Å². The standard InChI is InChI=1S/C19H16Cl2N2O2/c20-16-6-4-5-15(18(16)21)17-8-7-14(25-17)11-13(12-22)19(24)23-9-2-1-3-10-23/h4-8,11H,1-3,9-10H2/b13-11+. The Bertz CT molecular complexity index is 859. The lowest BCUT2D eigenvalue weighted by molar-refractivity contribution is -0.127. The Morgan fingerprint density at radius 3 is 2.64 bits per heavy atom. The van der Waals surface area contributed by atoms with Gasteiger partial charge in [-0.3, -0.25) is 4.79 Å². The summed E-state index contributed by atoms with van der Waals surface area (Å²) < 4.78 is 5.73. The predicted octanol–water partition coefficient (Wildman–Crippen LogP) is 5.17. The van der Waals surface area contributed by atoms with Crippen molar-refractivity contribution in [3.8, 4) is 17.4 Å². The number of hydrogen-bond donors (Lipinski definition) is 0. The molecule has 0 N–H and O–H groups in total. The second kappa shape index (κ2) is 7.77. The molecule has 1 aromatic carbocycles. The van der Waals surface area contributed by atoms with Gasteiger partial charge in [0.2, 0.25) is 0 Å². The molecule has 1 fully saturated rings. The molecule has 0 aliphatic carbocycles. The molecular formula is C19H16Cl2N2O2. The zero-order valence-electron chi connectivity index (χ0n) is 13.5. The lowest BCUT2D eigenvalue weighted by atomic mass is 10.1. The summed E-state index contributed by atoms with van der Waals surface area (Å²) in [4.78, 5) is 14.2. The van der Waals surface area contributed by atoms with Crippen LogP contribution < -0.4 is 0 Å². The number of carbonyl (C=O) groups is 1. The van der Waals surface area contributed by atoms with Crippen LogP contribution in [0, 0.1) is 11.3 Å². The van der Waals surface area contributed by atoms with Gasteiger partial charge in [-0.05, 0) is 43.5 Å². The summed E-state index contributed by atoms with van der Waals surface area (Å²) in [6.07, 6.45) is 4.54. The molecule has 6 heteroatoms. The van der Waals surface area contributed by atoms with Crippen LogP contribution >= 0.6 is 23.2 Å². The van der Waals surface area contributed by atoms with Gasteiger partial charge in [-0.15, -0.1) is 0 Å². The first-order chi connectivity index (χ1) is 12.1. The SMILES string of the molecule is N#C/C(=C\c1ccc(-c2cccc(Cl)c2Cl)o1)C(=O)N1CCCCC1. The normalized spacial score (nSPS) is 15.1. The van der Waals surface area contributed by atoms with Crippen LogP contribution in [0.1, 0.15) is 25.0 Å². The molecule has 2 aromatic rings. The van der Waals surface area contributed by atoms with Crippen LogP contribution in [0.3, 0.4) is 0 Å². The highest BCUT2D eigenvalue weighted by Crippen LogP contribution is 2.34. The van der Waals surface area contributed by atoms with E-state index in [0.29, 0.717) is 40.2 Å². The largest absolute Gasteiger partial charge is 0.457 e. The van der Waals surface area contributed by atoms with E-state index in [0.717, 1.165) is 19.3 Å². The van der Waals surface area contributed by atoms with Gasteiger partial charge in [0.1, 0.15) is 23.2 Å². The molecule has 128 valence electrons. The zero-order valence-corrected chi connectivity index (χ0v) is 15.0. The van der Waals surface area contributed by atoms with E-state index < -0.39 is 0 Å². The summed E-state index contributed by atoms with van der Waals surface area (Å²) in [5.74, 6) is 0.704. The van der Waals surface area contributed by atoms with Crippen molar-refractivity contribution < 1.29 is 9.21 Å². The number of likely N-dealkylation sites (tertiary alicyclic amines) is 1. The third-order valence-corrected chi connectivity index (χ3v) is 4.94. The van der Waals surface area contributed by atoms with E-state index in [-0.39, 0.29) is 11.5 Å². The molecule has 1 saturated heterocycles. The quantitative estimate of drug-likeness (QED) is 0.549. The Balaban J connectivity index is 1.85. The maximum absolute atomic E-state index is 12.5. The van der Waals surface area contributed by atoms with Crippen molar-refractivity contribution in [3.05, 3.63) is 51.7 Å². The number of furan rings is 1. The molecule has 25 heavy (non-hydrogen) atoms.